The molecule has 0 unspecified atom stereocenters. The third-order valence-electron chi connectivity index (χ3n) is 5.71. The average Bonchev–Trinajstić information content (AvgIpc) is 3.41. The van der Waals surface area contributed by atoms with Crippen LogP contribution in [0.25, 0.3) is 22.9 Å². The van der Waals surface area contributed by atoms with Gasteiger partial charge in [0, 0.05) is 40.3 Å². The highest BCUT2D eigenvalue weighted by Gasteiger charge is 2.44. The number of benzene rings is 2. The summed E-state index contributed by atoms with van der Waals surface area (Å²) < 4.78 is 33.8. The zero-order chi connectivity index (χ0) is 23.8. The van der Waals surface area contributed by atoms with E-state index >= 15 is 0 Å². The number of carbonyl (C=O) groups excluding carboxylic acids is 1. The molecule has 1 amide bonds. The molecule has 2 aromatic heterocycles. The Bertz CT molecular complexity index is 1430. The minimum Gasteiger partial charge on any atom is -0.416 e. The predicted octanol–water partition coefficient (Wildman–Crippen LogP) is 4.34. The molecule has 0 bridgehead atoms. The number of hydrogen-bond acceptors (Lipinski definition) is 7. The summed E-state index contributed by atoms with van der Waals surface area (Å²) >= 11 is 0. The molecule has 0 spiro atoms. The van der Waals surface area contributed by atoms with Gasteiger partial charge in [-0.05, 0) is 73.5 Å². The molecular formula is C24H21N5O4S. The first-order valence-electron chi connectivity index (χ1n) is 10.6. The van der Waals surface area contributed by atoms with Crippen molar-refractivity contribution >= 4 is 27.3 Å². The standard InChI is InChI=1S/C24H21N5O4S/c1-24(12-13-24)23(30)26-18-4-6-19(7-5-18)29-34(31,32)20-8-2-16(3-9-20)21-27-28-22(33-21)17-10-14-25-15-11-17/h2-11,14-15,29H,12-13H2,1H3,(H,26,30). The highest BCUT2D eigenvalue weighted by atomic mass is 32.2. The first-order chi connectivity index (χ1) is 16.3. The summed E-state index contributed by atoms with van der Waals surface area (Å²) in [5.74, 6) is 0.609. The van der Waals surface area contributed by atoms with Gasteiger partial charge in [0.25, 0.3) is 10.0 Å². The summed E-state index contributed by atoms with van der Waals surface area (Å²) in [5.41, 5.74) is 2.06. The van der Waals surface area contributed by atoms with Crippen molar-refractivity contribution in [1.29, 1.82) is 0 Å². The van der Waals surface area contributed by atoms with E-state index in [4.69, 9.17) is 4.42 Å². The molecule has 34 heavy (non-hydrogen) atoms. The van der Waals surface area contributed by atoms with Crippen LogP contribution in [0.5, 0.6) is 0 Å². The lowest BCUT2D eigenvalue weighted by Crippen LogP contribution is -2.21. The first-order valence-corrected chi connectivity index (χ1v) is 12.1. The molecule has 9 nitrogen and oxygen atoms in total. The second-order valence-electron chi connectivity index (χ2n) is 8.37. The van der Waals surface area contributed by atoms with Crippen molar-refractivity contribution in [2.24, 2.45) is 5.41 Å². The van der Waals surface area contributed by atoms with Crippen LogP contribution in [0, 0.1) is 5.41 Å². The number of rotatable bonds is 7. The van der Waals surface area contributed by atoms with Crippen LogP contribution in [0.4, 0.5) is 11.4 Å². The number of hydrogen-bond donors (Lipinski definition) is 2. The molecule has 1 saturated carbocycles. The van der Waals surface area contributed by atoms with Gasteiger partial charge in [0.05, 0.1) is 4.90 Å². The Balaban J connectivity index is 1.26. The van der Waals surface area contributed by atoms with Crippen LogP contribution in [-0.4, -0.2) is 29.5 Å². The van der Waals surface area contributed by atoms with Crippen LogP contribution >= 0.6 is 0 Å². The van der Waals surface area contributed by atoms with Crippen LogP contribution in [0.3, 0.4) is 0 Å². The lowest BCUT2D eigenvalue weighted by molar-refractivity contribution is -0.120. The number of nitrogens with zero attached hydrogens (tertiary/aromatic N) is 3. The zero-order valence-corrected chi connectivity index (χ0v) is 19.0. The van der Waals surface area contributed by atoms with Crippen LogP contribution in [0.15, 0.2) is 82.4 Å². The maximum Gasteiger partial charge on any atom is 0.261 e. The van der Waals surface area contributed by atoms with Crippen LogP contribution in [0.1, 0.15) is 19.8 Å². The summed E-state index contributed by atoms with van der Waals surface area (Å²) in [6, 6.07) is 16.2. The Labute approximate surface area is 196 Å². The van der Waals surface area contributed by atoms with Crippen LogP contribution in [0.2, 0.25) is 0 Å². The zero-order valence-electron chi connectivity index (χ0n) is 18.2. The summed E-state index contributed by atoms with van der Waals surface area (Å²) in [5, 5.41) is 10.9. The van der Waals surface area contributed by atoms with Gasteiger partial charge in [-0.3, -0.25) is 14.5 Å². The van der Waals surface area contributed by atoms with Crippen molar-refractivity contribution in [3.8, 4) is 22.9 Å². The van der Waals surface area contributed by atoms with Crippen molar-refractivity contribution in [2.45, 2.75) is 24.7 Å². The largest absolute Gasteiger partial charge is 0.416 e. The maximum atomic E-state index is 12.8. The van der Waals surface area contributed by atoms with E-state index in [2.05, 4.69) is 25.2 Å². The van der Waals surface area contributed by atoms with Gasteiger partial charge in [-0.2, -0.15) is 0 Å². The fraction of sp³-hybridized carbons (Fsp3) is 0.167. The Hall–Kier alpha value is -4.05. The number of aromatic nitrogens is 3. The Morgan fingerprint density at radius 3 is 2.00 bits per heavy atom. The first kappa shape index (κ1) is 21.8. The van der Waals surface area contributed by atoms with E-state index in [0.29, 0.717) is 22.8 Å². The van der Waals surface area contributed by atoms with E-state index in [1.54, 1.807) is 60.9 Å². The van der Waals surface area contributed by atoms with Crippen molar-refractivity contribution in [3.05, 3.63) is 73.1 Å². The monoisotopic (exact) mass is 475 g/mol. The Kier molecular flexibility index (Phi) is 5.37. The topological polar surface area (TPSA) is 127 Å². The van der Waals surface area contributed by atoms with E-state index in [0.717, 1.165) is 18.4 Å². The molecule has 2 N–H and O–H groups in total. The van der Waals surface area contributed by atoms with Gasteiger partial charge in [0.2, 0.25) is 17.7 Å². The van der Waals surface area contributed by atoms with Gasteiger partial charge in [-0.1, -0.05) is 6.92 Å². The lowest BCUT2D eigenvalue weighted by Gasteiger charge is -2.12. The number of amides is 1. The normalized spacial score (nSPS) is 14.4. The average molecular weight is 476 g/mol. The summed E-state index contributed by atoms with van der Waals surface area (Å²) in [6.07, 6.45) is 5.02. The fourth-order valence-corrected chi connectivity index (χ4v) is 4.32. The predicted molar refractivity (Wildman–Crippen MR) is 126 cm³/mol. The van der Waals surface area contributed by atoms with E-state index in [9.17, 15) is 13.2 Å². The summed E-state index contributed by atoms with van der Waals surface area (Å²) in [4.78, 5) is 16.2. The SMILES string of the molecule is CC1(C(=O)Nc2ccc(NS(=O)(=O)c3ccc(-c4nnc(-c5ccncc5)o4)cc3)cc2)CC1. The van der Waals surface area contributed by atoms with Gasteiger partial charge in [0.1, 0.15) is 0 Å². The highest BCUT2D eigenvalue weighted by molar-refractivity contribution is 7.92. The van der Waals surface area contributed by atoms with Crippen molar-refractivity contribution in [3.63, 3.8) is 0 Å². The second kappa shape index (κ2) is 8.38. The molecule has 2 aromatic carbocycles. The Morgan fingerprint density at radius 2 is 1.41 bits per heavy atom. The smallest absolute Gasteiger partial charge is 0.261 e. The highest BCUT2D eigenvalue weighted by Crippen LogP contribution is 2.45. The molecule has 5 rings (SSSR count). The minimum atomic E-state index is -3.81. The van der Waals surface area contributed by atoms with E-state index in [1.165, 1.54) is 12.1 Å². The van der Waals surface area contributed by atoms with Crippen LogP contribution < -0.4 is 10.0 Å². The molecule has 0 aliphatic heterocycles. The fourth-order valence-electron chi connectivity index (χ4n) is 3.26. The van der Waals surface area contributed by atoms with Gasteiger partial charge >= 0.3 is 0 Å². The molecule has 172 valence electrons. The molecule has 0 radical (unpaired) electrons. The van der Waals surface area contributed by atoms with Gasteiger partial charge in [-0.15, -0.1) is 10.2 Å². The molecule has 4 aromatic rings. The number of pyridine rings is 1. The van der Waals surface area contributed by atoms with Gasteiger partial charge in [0.15, 0.2) is 0 Å². The summed E-state index contributed by atoms with van der Waals surface area (Å²) in [7, 11) is -3.81. The molecule has 1 aliphatic carbocycles. The maximum absolute atomic E-state index is 12.8. The number of nitrogens with one attached hydrogen (secondary N) is 2. The molecule has 10 heteroatoms. The minimum absolute atomic E-state index is 0.0185. The lowest BCUT2D eigenvalue weighted by atomic mass is 10.1. The number of anilines is 2. The Morgan fingerprint density at radius 1 is 0.853 bits per heavy atom. The molecule has 1 fully saturated rings. The third kappa shape index (κ3) is 4.53. The van der Waals surface area contributed by atoms with Crippen LogP contribution in [-0.2, 0) is 14.8 Å². The molecule has 2 heterocycles. The van der Waals surface area contributed by atoms with E-state index in [-0.39, 0.29) is 22.1 Å². The number of sulfonamides is 1. The molecular weight excluding hydrogens is 454 g/mol. The second-order valence-corrected chi connectivity index (χ2v) is 10.1. The van der Waals surface area contributed by atoms with Crippen molar-refractivity contribution in [1.82, 2.24) is 15.2 Å². The summed E-state index contributed by atoms with van der Waals surface area (Å²) in [6.45, 7) is 1.93. The van der Waals surface area contributed by atoms with Gasteiger partial charge in [-0.25, -0.2) is 8.42 Å². The number of carbonyl (C=O) groups is 1. The third-order valence-corrected chi connectivity index (χ3v) is 7.10. The van der Waals surface area contributed by atoms with E-state index in [1.807, 2.05) is 6.92 Å². The molecule has 0 atom stereocenters. The quantitative estimate of drug-likeness (QED) is 0.407. The van der Waals surface area contributed by atoms with Gasteiger partial charge < -0.3 is 9.73 Å². The van der Waals surface area contributed by atoms with E-state index < -0.39 is 10.0 Å². The van der Waals surface area contributed by atoms with Crippen molar-refractivity contribution in [2.75, 3.05) is 10.0 Å². The van der Waals surface area contributed by atoms with Crippen molar-refractivity contribution < 1.29 is 17.6 Å². The molecule has 0 saturated heterocycles. The molecule has 1 aliphatic rings.